The number of hydrogen-bond acceptors (Lipinski definition) is 3. The molecule has 0 spiro atoms. The molecule has 21 heavy (non-hydrogen) atoms. The topological polar surface area (TPSA) is 62.9 Å². The molecule has 0 fully saturated rings. The van der Waals surface area contributed by atoms with E-state index in [1.165, 1.54) is 0 Å². The van der Waals surface area contributed by atoms with E-state index in [1.54, 1.807) is 19.2 Å². The Kier molecular flexibility index (Phi) is 7.93. The van der Waals surface area contributed by atoms with Gasteiger partial charge in [-0.25, -0.2) is 0 Å². The molecule has 0 saturated carbocycles. The lowest BCUT2D eigenvalue weighted by Crippen LogP contribution is -2.29. The van der Waals surface area contributed by atoms with Crippen LogP contribution in [0.5, 0.6) is 5.75 Å². The Morgan fingerprint density at radius 1 is 1.38 bits per heavy atom. The molecule has 0 unspecified atom stereocenters. The number of anilines is 1. The van der Waals surface area contributed by atoms with E-state index in [0.717, 1.165) is 31.7 Å². The predicted molar refractivity (Wildman–Crippen MR) is 90.5 cm³/mol. The van der Waals surface area contributed by atoms with Crippen LogP contribution in [-0.2, 0) is 0 Å². The van der Waals surface area contributed by atoms with Gasteiger partial charge in [0.2, 0.25) is 0 Å². The highest BCUT2D eigenvalue weighted by atomic mass is 35.5. The van der Waals surface area contributed by atoms with Gasteiger partial charge in [0.15, 0.2) is 5.96 Å². The largest absolute Gasteiger partial charge is 0.495 e. The van der Waals surface area contributed by atoms with Crippen LogP contribution in [-0.4, -0.2) is 44.1 Å². The number of guanidine groups is 1. The van der Waals surface area contributed by atoms with Crippen LogP contribution in [0.15, 0.2) is 23.2 Å². The molecule has 0 atom stereocenters. The summed E-state index contributed by atoms with van der Waals surface area (Å²) in [5, 5.41) is 3.56. The quantitative estimate of drug-likeness (QED) is 0.572. The third kappa shape index (κ3) is 6.23. The molecule has 0 aromatic heterocycles. The maximum absolute atomic E-state index is 6.06. The molecule has 6 heteroatoms. The van der Waals surface area contributed by atoms with E-state index in [9.17, 15) is 0 Å². The third-order valence-corrected chi connectivity index (χ3v) is 3.40. The minimum atomic E-state index is 0.392. The molecule has 0 aliphatic rings. The number of likely N-dealkylation sites (N-methyl/N-ethyl adjacent to an activating group) is 1. The van der Waals surface area contributed by atoms with Gasteiger partial charge in [-0.2, -0.15) is 0 Å². The highest BCUT2D eigenvalue weighted by Crippen LogP contribution is 2.26. The average molecular weight is 313 g/mol. The summed E-state index contributed by atoms with van der Waals surface area (Å²) in [5.74, 6) is 1.03. The molecule has 1 rings (SSSR count). The Labute approximate surface area is 132 Å². The van der Waals surface area contributed by atoms with E-state index < -0.39 is 0 Å². The van der Waals surface area contributed by atoms with E-state index in [0.29, 0.717) is 23.3 Å². The third-order valence-electron chi connectivity index (χ3n) is 3.11. The molecule has 0 bridgehead atoms. The van der Waals surface area contributed by atoms with Crippen molar-refractivity contribution in [1.29, 1.82) is 0 Å². The monoisotopic (exact) mass is 312 g/mol. The van der Waals surface area contributed by atoms with Gasteiger partial charge in [-0.15, -0.1) is 0 Å². The number of aliphatic imine (C=N–C) groups is 1. The fourth-order valence-electron chi connectivity index (χ4n) is 1.99. The molecule has 3 N–H and O–H groups in total. The maximum Gasteiger partial charge on any atom is 0.193 e. The SMILES string of the molecule is CCCN(CC)CCN=C(N)Nc1ccc(OC)c(Cl)c1. The highest BCUT2D eigenvalue weighted by Gasteiger charge is 2.03. The molecular weight excluding hydrogens is 288 g/mol. The number of rotatable bonds is 8. The molecule has 0 radical (unpaired) electrons. The number of methoxy groups -OCH3 is 1. The zero-order chi connectivity index (χ0) is 15.7. The van der Waals surface area contributed by atoms with Crippen LogP contribution < -0.4 is 15.8 Å². The van der Waals surface area contributed by atoms with Crippen LogP contribution in [0.1, 0.15) is 20.3 Å². The van der Waals surface area contributed by atoms with Gasteiger partial charge in [0.25, 0.3) is 0 Å². The number of hydrogen-bond donors (Lipinski definition) is 2. The van der Waals surface area contributed by atoms with Gasteiger partial charge < -0.3 is 20.7 Å². The first-order chi connectivity index (χ1) is 10.1. The van der Waals surface area contributed by atoms with E-state index >= 15 is 0 Å². The number of nitrogens with zero attached hydrogens (tertiary/aromatic N) is 2. The van der Waals surface area contributed by atoms with Gasteiger partial charge in [0.1, 0.15) is 5.75 Å². The minimum absolute atomic E-state index is 0.392. The molecule has 0 saturated heterocycles. The van der Waals surface area contributed by atoms with Crippen molar-refractivity contribution in [2.45, 2.75) is 20.3 Å². The Hall–Kier alpha value is -1.46. The highest BCUT2D eigenvalue weighted by molar-refractivity contribution is 6.32. The van der Waals surface area contributed by atoms with Gasteiger partial charge in [-0.1, -0.05) is 25.4 Å². The first-order valence-corrected chi connectivity index (χ1v) is 7.61. The summed E-state index contributed by atoms with van der Waals surface area (Å²) in [4.78, 5) is 6.68. The van der Waals surface area contributed by atoms with Crippen LogP contribution in [0.4, 0.5) is 5.69 Å². The molecule has 0 heterocycles. The van der Waals surface area contributed by atoms with E-state index in [4.69, 9.17) is 22.1 Å². The fourth-order valence-corrected chi connectivity index (χ4v) is 2.25. The van der Waals surface area contributed by atoms with Crippen molar-refractivity contribution in [2.24, 2.45) is 10.7 Å². The molecule has 0 aliphatic carbocycles. The van der Waals surface area contributed by atoms with Crippen LogP contribution in [0, 0.1) is 0 Å². The van der Waals surface area contributed by atoms with Gasteiger partial charge in [-0.3, -0.25) is 4.99 Å². The number of ether oxygens (including phenoxy) is 1. The van der Waals surface area contributed by atoms with Crippen LogP contribution in [0.3, 0.4) is 0 Å². The summed E-state index contributed by atoms with van der Waals surface area (Å²) in [6, 6.07) is 5.40. The molecule has 1 aromatic carbocycles. The number of nitrogens with two attached hydrogens (primary N) is 1. The number of nitrogens with one attached hydrogen (secondary N) is 1. The van der Waals surface area contributed by atoms with Gasteiger partial charge in [0, 0.05) is 12.2 Å². The smallest absolute Gasteiger partial charge is 0.193 e. The van der Waals surface area contributed by atoms with Crippen molar-refractivity contribution in [3.63, 3.8) is 0 Å². The minimum Gasteiger partial charge on any atom is -0.495 e. The Bertz CT molecular complexity index is 465. The molecule has 5 nitrogen and oxygen atoms in total. The van der Waals surface area contributed by atoms with Crippen molar-refractivity contribution >= 4 is 23.2 Å². The first kappa shape index (κ1) is 17.6. The molecule has 118 valence electrons. The molecule has 1 aromatic rings. The predicted octanol–water partition coefficient (Wildman–Crippen LogP) is 2.81. The second-order valence-corrected chi connectivity index (χ2v) is 5.08. The Balaban J connectivity index is 2.50. The van der Waals surface area contributed by atoms with Crippen LogP contribution in [0.25, 0.3) is 0 Å². The Morgan fingerprint density at radius 2 is 2.14 bits per heavy atom. The van der Waals surface area contributed by atoms with Crippen molar-refractivity contribution < 1.29 is 4.74 Å². The summed E-state index contributed by atoms with van der Waals surface area (Å²) in [7, 11) is 1.58. The zero-order valence-corrected chi connectivity index (χ0v) is 13.8. The van der Waals surface area contributed by atoms with E-state index in [-0.39, 0.29) is 0 Å². The Morgan fingerprint density at radius 3 is 2.71 bits per heavy atom. The summed E-state index contributed by atoms with van der Waals surface area (Å²) < 4.78 is 5.10. The van der Waals surface area contributed by atoms with Crippen LogP contribution in [0.2, 0.25) is 5.02 Å². The summed E-state index contributed by atoms with van der Waals surface area (Å²) >= 11 is 6.06. The van der Waals surface area contributed by atoms with Gasteiger partial charge in [0.05, 0.1) is 18.7 Å². The van der Waals surface area contributed by atoms with Crippen molar-refractivity contribution in [2.75, 3.05) is 38.6 Å². The second kappa shape index (κ2) is 9.47. The lowest BCUT2D eigenvalue weighted by molar-refractivity contribution is 0.297. The normalized spacial score (nSPS) is 11.8. The number of benzene rings is 1. The summed E-state index contributed by atoms with van der Waals surface area (Å²) in [6.07, 6.45) is 1.15. The molecular formula is C15H25ClN4O. The number of halogens is 1. The lowest BCUT2D eigenvalue weighted by atomic mass is 10.3. The summed E-state index contributed by atoms with van der Waals surface area (Å²) in [6.45, 7) is 8.04. The fraction of sp³-hybridized carbons (Fsp3) is 0.533. The van der Waals surface area contributed by atoms with E-state index in [2.05, 4.69) is 29.1 Å². The van der Waals surface area contributed by atoms with Gasteiger partial charge in [-0.05, 0) is 37.7 Å². The summed E-state index contributed by atoms with van der Waals surface area (Å²) in [5.41, 5.74) is 6.67. The molecule has 0 amide bonds. The zero-order valence-electron chi connectivity index (χ0n) is 13.0. The first-order valence-electron chi connectivity index (χ1n) is 7.23. The maximum atomic E-state index is 6.06. The second-order valence-electron chi connectivity index (χ2n) is 4.68. The van der Waals surface area contributed by atoms with Gasteiger partial charge >= 0.3 is 0 Å². The standard InChI is InChI=1S/C15H25ClN4O/c1-4-9-20(5-2)10-8-18-15(17)19-12-6-7-14(21-3)13(16)11-12/h6-7,11H,4-5,8-10H2,1-3H3,(H3,17,18,19). The lowest BCUT2D eigenvalue weighted by Gasteiger charge is -2.18. The van der Waals surface area contributed by atoms with Crippen molar-refractivity contribution in [1.82, 2.24) is 4.90 Å². The van der Waals surface area contributed by atoms with Crippen molar-refractivity contribution in [3.8, 4) is 5.75 Å². The molecule has 0 aliphatic heterocycles. The average Bonchev–Trinajstić information content (AvgIpc) is 2.46. The van der Waals surface area contributed by atoms with Crippen LogP contribution >= 0.6 is 11.6 Å². The van der Waals surface area contributed by atoms with E-state index in [1.807, 2.05) is 6.07 Å². The van der Waals surface area contributed by atoms with Crippen molar-refractivity contribution in [3.05, 3.63) is 23.2 Å².